The third-order valence-corrected chi connectivity index (χ3v) is 11.1. The molecule has 1 aromatic heterocycles. The number of ether oxygens (including phenoxy) is 4. The second-order valence-electron chi connectivity index (χ2n) is 16.5. The van der Waals surface area contributed by atoms with Crippen LogP contribution < -0.4 is 9.47 Å². The molecule has 2 aromatic carbocycles. The van der Waals surface area contributed by atoms with E-state index in [9.17, 15) is 14.0 Å². The molecular weight excluding hydrogens is 782 g/mol. The lowest BCUT2D eigenvalue weighted by Crippen LogP contribution is -2.66. The van der Waals surface area contributed by atoms with Crippen molar-refractivity contribution in [1.82, 2.24) is 19.7 Å². The number of thiazole rings is 1. The number of hydrogen-bond acceptors (Lipinski definition) is 9. The molecule has 3 heterocycles. The van der Waals surface area contributed by atoms with Gasteiger partial charge >= 0.3 is 12.2 Å². The zero-order chi connectivity index (χ0) is 40.7. The fourth-order valence-corrected chi connectivity index (χ4v) is 8.52. The fraction of sp³-hybridized carbons (Fsp3) is 0.512. The highest BCUT2D eigenvalue weighted by Crippen LogP contribution is 2.44. The summed E-state index contributed by atoms with van der Waals surface area (Å²) >= 11 is 14.0. The van der Waals surface area contributed by atoms with Crippen molar-refractivity contribution in [3.8, 4) is 10.9 Å². The van der Waals surface area contributed by atoms with E-state index in [1.165, 1.54) is 17.4 Å². The summed E-state index contributed by atoms with van der Waals surface area (Å²) in [5.74, 6) is -0.284. The van der Waals surface area contributed by atoms with Crippen molar-refractivity contribution >= 4 is 58.2 Å². The standard InChI is InChI=1S/C41H49Cl2FN4O7S/c1-23-16-29(42)35(30(43)17-23)52-14-15-53-37-45-19-33(56-37)28-18-27-21-46(38(50)54-40(3,4)5)22-32(48(27)39(51)55-41(6,7)8)34(28)36(49)47(26-12-13-26)20-25-10-9-11-31(44)24(25)2/h9-11,16-17,19,26-27,32H,12-15,18,20-22H2,1-8H3. The number of nitrogens with zero attached hydrogens (tertiary/aromatic N) is 4. The maximum atomic E-state index is 15.2. The average molecular weight is 832 g/mol. The van der Waals surface area contributed by atoms with Crippen LogP contribution in [-0.4, -0.2) is 93.4 Å². The smallest absolute Gasteiger partial charge is 0.411 e. The number of benzene rings is 2. The van der Waals surface area contributed by atoms with Crippen molar-refractivity contribution in [2.45, 2.75) is 111 Å². The summed E-state index contributed by atoms with van der Waals surface area (Å²) in [6.07, 6.45) is 2.35. The van der Waals surface area contributed by atoms with Crippen molar-refractivity contribution in [2.24, 2.45) is 0 Å². The summed E-state index contributed by atoms with van der Waals surface area (Å²) in [6.45, 7) is 14.9. The molecule has 2 fully saturated rings. The van der Waals surface area contributed by atoms with E-state index in [4.69, 9.17) is 42.1 Å². The molecule has 1 saturated heterocycles. The Hall–Kier alpha value is -4.07. The normalized spacial score (nSPS) is 18.5. The molecule has 0 N–H and O–H groups in total. The van der Waals surface area contributed by atoms with E-state index < -0.39 is 35.5 Å². The number of piperazine rings is 1. The minimum absolute atomic E-state index is 0.00361. The van der Waals surface area contributed by atoms with Crippen molar-refractivity contribution in [1.29, 1.82) is 0 Å². The van der Waals surface area contributed by atoms with Gasteiger partial charge < -0.3 is 28.7 Å². The van der Waals surface area contributed by atoms with Crippen LogP contribution in [0.4, 0.5) is 14.0 Å². The molecule has 2 aliphatic heterocycles. The second kappa shape index (κ2) is 16.4. The van der Waals surface area contributed by atoms with E-state index in [0.717, 1.165) is 18.4 Å². The largest absolute Gasteiger partial charge is 0.487 e. The van der Waals surface area contributed by atoms with Gasteiger partial charge in [-0.15, -0.1) is 0 Å². The second-order valence-corrected chi connectivity index (χ2v) is 18.3. The molecule has 6 rings (SSSR count). The zero-order valence-corrected chi connectivity index (χ0v) is 35.4. The molecule has 2 unspecified atom stereocenters. The SMILES string of the molecule is Cc1cc(Cl)c(OCCOc2ncc(C3=C(C(=O)N(Cc4cccc(F)c4C)C4CC4)C4CN(C(=O)OC(C)(C)C)CC(C3)N4C(=O)OC(C)(C)C)s2)c(Cl)c1. The van der Waals surface area contributed by atoms with Crippen molar-refractivity contribution < 1.29 is 37.7 Å². The predicted molar refractivity (Wildman–Crippen MR) is 214 cm³/mol. The molecule has 0 radical (unpaired) electrons. The highest BCUT2D eigenvalue weighted by Gasteiger charge is 2.51. The van der Waals surface area contributed by atoms with Gasteiger partial charge in [0.25, 0.3) is 11.1 Å². The number of carbonyl (C=O) groups is 3. The Balaban J connectivity index is 1.37. The molecule has 1 saturated carbocycles. The number of hydrogen-bond donors (Lipinski definition) is 0. The number of aryl methyl sites for hydroxylation is 1. The Labute approximate surface area is 341 Å². The van der Waals surface area contributed by atoms with Gasteiger partial charge in [-0.05, 0) is 115 Å². The van der Waals surface area contributed by atoms with E-state index in [1.54, 1.807) is 87.6 Å². The van der Waals surface area contributed by atoms with Gasteiger partial charge in [-0.2, -0.15) is 0 Å². The van der Waals surface area contributed by atoms with Crippen LogP contribution in [0.2, 0.25) is 10.0 Å². The third-order valence-electron chi connectivity index (χ3n) is 9.59. The molecular formula is C41H49Cl2FN4O7S. The summed E-state index contributed by atoms with van der Waals surface area (Å²) in [6, 6.07) is 6.89. The van der Waals surface area contributed by atoms with Gasteiger partial charge in [0, 0.05) is 37.4 Å². The Morgan fingerprint density at radius 3 is 2.23 bits per heavy atom. The molecule has 11 nitrogen and oxygen atoms in total. The predicted octanol–water partition coefficient (Wildman–Crippen LogP) is 9.24. The maximum Gasteiger partial charge on any atom is 0.411 e. The molecule has 0 spiro atoms. The van der Waals surface area contributed by atoms with Crippen LogP contribution in [0.15, 0.2) is 42.1 Å². The first-order chi connectivity index (χ1) is 26.3. The van der Waals surface area contributed by atoms with E-state index in [2.05, 4.69) is 4.98 Å². The van der Waals surface area contributed by atoms with Gasteiger partial charge in [0.1, 0.15) is 30.2 Å². The Kier molecular flexibility index (Phi) is 12.2. The molecule has 3 aliphatic rings. The van der Waals surface area contributed by atoms with E-state index in [1.807, 2.05) is 13.0 Å². The molecule has 2 bridgehead atoms. The minimum Gasteiger partial charge on any atom is -0.487 e. The highest BCUT2D eigenvalue weighted by atomic mass is 35.5. The van der Waals surface area contributed by atoms with E-state index in [-0.39, 0.29) is 57.0 Å². The first kappa shape index (κ1) is 41.6. The molecule has 3 aromatic rings. The Morgan fingerprint density at radius 1 is 0.946 bits per heavy atom. The molecule has 56 heavy (non-hydrogen) atoms. The van der Waals surface area contributed by atoms with Gasteiger partial charge in [0.15, 0.2) is 5.75 Å². The van der Waals surface area contributed by atoms with Crippen LogP contribution >= 0.6 is 34.5 Å². The lowest BCUT2D eigenvalue weighted by molar-refractivity contribution is -0.129. The highest BCUT2D eigenvalue weighted by molar-refractivity contribution is 7.14. The molecule has 2 atom stereocenters. The molecule has 1 aliphatic carbocycles. The van der Waals surface area contributed by atoms with Gasteiger partial charge in [0.2, 0.25) is 0 Å². The van der Waals surface area contributed by atoms with Crippen LogP contribution in [0.25, 0.3) is 5.57 Å². The maximum absolute atomic E-state index is 15.2. The topological polar surface area (TPSA) is 111 Å². The zero-order valence-electron chi connectivity index (χ0n) is 33.0. The van der Waals surface area contributed by atoms with Crippen molar-refractivity contribution in [3.63, 3.8) is 0 Å². The number of halogens is 3. The number of carbonyl (C=O) groups excluding carboxylic acids is 3. The lowest BCUT2D eigenvalue weighted by atomic mass is 9.83. The van der Waals surface area contributed by atoms with E-state index in [0.29, 0.717) is 48.1 Å². The summed E-state index contributed by atoms with van der Waals surface area (Å²) in [5.41, 5.74) is 1.54. The number of aromatic nitrogens is 1. The minimum atomic E-state index is -0.883. The van der Waals surface area contributed by atoms with Crippen molar-refractivity contribution in [3.05, 3.63) is 79.5 Å². The molecule has 302 valence electrons. The summed E-state index contributed by atoms with van der Waals surface area (Å²) in [7, 11) is 0. The molecule has 3 amide bonds. The number of rotatable bonds is 10. The monoisotopic (exact) mass is 830 g/mol. The van der Waals surface area contributed by atoms with Gasteiger partial charge in [-0.3, -0.25) is 9.69 Å². The first-order valence-corrected chi connectivity index (χ1v) is 20.3. The number of fused-ring (bicyclic) bond motifs is 2. The van der Waals surface area contributed by atoms with Crippen LogP contribution in [0, 0.1) is 19.7 Å². The van der Waals surface area contributed by atoms with Crippen molar-refractivity contribution in [2.75, 3.05) is 26.3 Å². The summed E-state index contributed by atoms with van der Waals surface area (Å²) in [4.78, 5) is 53.1. The van der Waals surface area contributed by atoms with E-state index >= 15 is 4.79 Å². The van der Waals surface area contributed by atoms with Crippen LogP contribution in [0.3, 0.4) is 0 Å². The van der Waals surface area contributed by atoms with Crippen LogP contribution in [-0.2, 0) is 20.8 Å². The quantitative estimate of drug-likeness (QED) is 0.186. The lowest BCUT2D eigenvalue weighted by Gasteiger charge is -2.51. The van der Waals surface area contributed by atoms with Gasteiger partial charge in [0.05, 0.1) is 27.0 Å². The Morgan fingerprint density at radius 2 is 1.59 bits per heavy atom. The summed E-state index contributed by atoms with van der Waals surface area (Å²) in [5, 5.41) is 1.16. The number of amides is 3. The third kappa shape index (κ3) is 9.71. The summed E-state index contributed by atoms with van der Waals surface area (Å²) < 4.78 is 38.3. The fourth-order valence-electron chi connectivity index (χ4n) is 6.96. The van der Waals surface area contributed by atoms with Crippen LogP contribution in [0.1, 0.15) is 82.4 Å². The van der Waals surface area contributed by atoms with Gasteiger partial charge in [-0.1, -0.05) is 46.7 Å². The first-order valence-electron chi connectivity index (χ1n) is 18.7. The molecule has 15 heteroatoms. The Bertz CT molecular complexity index is 2000. The van der Waals surface area contributed by atoms with Gasteiger partial charge in [-0.25, -0.2) is 19.0 Å². The average Bonchev–Trinajstić information content (AvgIpc) is 3.82. The van der Waals surface area contributed by atoms with Crippen LogP contribution in [0.5, 0.6) is 10.9 Å².